The van der Waals surface area contributed by atoms with Crippen molar-refractivity contribution in [2.45, 2.75) is 19.0 Å². The van der Waals surface area contributed by atoms with Gasteiger partial charge in [0.25, 0.3) is 5.91 Å². The van der Waals surface area contributed by atoms with Crippen molar-refractivity contribution in [2.24, 2.45) is 0 Å². The third kappa shape index (κ3) is 3.74. The summed E-state index contributed by atoms with van der Waals surface area (Å²) in [5, 5.41) is 5.93. The summed E-state index contributed by atoms with van der Waals surface area (Å²) < 4.78 is 13.1. The van der Waals surface area contributed by atoms with Crippen LogP contribution in [0.15, 0.2) is 59.8 Å². The number of likely N-dealkylation sites (N-methyl/N-ethyl adjacent to an activating group) is 1. The molecule has 2 aromatic carbocycles. The van der Waals surface area contributed by atoms with Gasteiger partial charge in [-0.15, -0.1) is 0 Å². The highest BCUT2D eigenvalue weighted by molar-refractivity contribution is 6.31. The Labute approximate surface area is 183 Å². The summed E-state index contributed by atoms with van der Waals surface area (Å²) in [5.41, 5.74) is 1.94. The first-order chi connectivity index (χ1) is 14.8. The first kappa shape index (κ1) is 20.9. The first-order valence-electron chi connectivity index (χ1n) is 9.67. The van der Waals surface area contributed by atoms with Crippen molar-refractivity contribution in [3.05, 3.63) is 76.2 Å². The van der Waals surface area contributed by atoms with Crippen LogP contribution in [0.1, 0.15) is 18.5 Å². The molecule has 0 unspecified atom stereocenters. The highest BCUT2D eigenvalue weighted by Gasteiger charge is 2.45. The highest BCUT2D eigenvalue weighted by Crippen LogP contribution is 2.38. The molecular formula is C22H20ClFN4O3. The summed E-state index contributed by atoms with van der Waals surface area (Å²) in [6.07, 6.45) is 0. The van der Waals surface area contributed by atoms with E-state index in [0.717, 1.165) is 0 Å². The van der Waals surface area contributed by atoms with Crippen molar-refractivity contribution in [1.82, 2.24) is 15.1 Å². The number of halogens is 2. The van der Waals surface area contributed by atoms with Gasteiger partial charge in [0.2, 0.25) is 5.91 Å². The third-order valence-electron chi connectivity index (χ3n) is 5.56. The van der Waals surface area contributed by atoms with Crippen molar-refractivity contribution in [1.29, 1.82) is 0 Å². The van der Waals surface area contributed by atoms with Crippen LogP contribution in [0.4, 0.5) is 14.9 Å². The van der Waals surface area contributed by atoms with Gasteiger partial charge in [0.1, 0.15) is 11.9 Å². The van der Waals surface area contributed by atoms with Crippen molar-refractivity contribution in [3.8, 4) is 0 Å². The van der Waals surface area contributed by atoms with Crippen LogP contribution in [-0.4, -0.2) is 47.3 Å². The van der Waals surface area contributed by atoms with Crippen LogP contribution in [0, 0.1) is 5.82 Å². The molecule has 4 amide bonds. The second kappa shape index (κ2) is 8.03. The van der Waals surface area contributed by atoms with E-state index in [4.69, 9.17) is 11.6 Å². The minimum atomic E-state index is -0.821. The Kier molecular flexibility index (Phi) is 5.41. The molecule has 0 saturated carbocycles. The molecule has 2 aromatic rings. The lowest BCUT2D eigenvalue weighted by molar-refractivity contribution is -0.133. The smallest absolute Gasteiger partial charge is 0.322 e. The van der Waals surface area contributed by atoms with Gasteiger partial charge >= 0.3 is 6.03 Å². The fourth-order valence-corrected chi connectivity index (χ4v) is 4.01. The van der Waals surface area contributed by atoms with E-state index in [-0.39, 0.29) is 18.5 Å². The van der Waals surface area contributed by atoms with Crippen LogP contribution in [0.3, 0.4) is 0 Å². The van der Waals surface area contributed by atoms with Crippen molar-refractivity contribution in [2.75, 3.05) is 18.9 Å². The Hall–Kier alpha value is -3.39. The molecule has 0 aliphatic carbocycles. The first-order valence-corrected chi connectivity index (χ1v) is 10.0. The number of carbonyl (C=O) groups excluding carboxylic acids is 3. The average molecular weight is 443 g/mol. The van der Waals surface area contributed by atoms with E-state index >= 15 is 0 Å². The molecule has 9 heteroatoms. The van der Waals surface area contributed by atoms with Crippen molar-refractivity contribution >= 4 is 35.1 Å². The Morgan fingerprint density at radius 2 is 1.87 bits per heavy atom. The zero-order valence-electron chi connectivity index (χ0n) is 16.9. The number of rotatable bonds is 4. The second-order valence-corrected chi connectivity index (χ2v) is 7.84. The Morgan fingerprint density at radius 3 is 2.55 bits per heavy atom. The number of nitrogens with zero attached hydrogens (tertiary/aromatic N) is 2. The van der Waals surface area contributed by atoms with Crippen LogP contribution in [0.2, 0.25) is 5.02 Å². The highest BCUT2D eigenvalue weighted by atomic mass is 35.5. The van der Waals surface area contributed by atoms with Gasteiger partial charge in [-0.25, -0.2) is 9.18 Å². The topological polar surface area (TPSA) is 81.8 Å². The maximum atomic E-state index is 13.3. The molecule has 0 aromatic heterocycles. The van der Waals surface area contributed by atoms with E-state index in [1.54, 1.807) is 38.2 Å². The summed E-state index contributed by atoms with van der Waals surface area (Å²) in [7, 11) is 1.58. The Bertz CT molecular complexity index is 1100. The van der Waals surface area contributed by atoms with E-state index in [1.165, 1.54) is 34.1 Å². The number of hydrogen-bond acceptors (Lipinski definition) is 3. The molecule has 2 aliphatic heterocycles. The zero-order valence-corrected chi connectivity index (χ0v) is 17.6. The Balaban J connectivity index is 1.60. The van der Waals surface area contributed by atoms with Gasteiger partial charge in [0.15, 0.2) is 0 Å². The second-order valence-electron chi connectivity index (χ2n) is 7.43. The van der Waals surface area contributed by atoms with E-state index in [9.17, 15) is 18.8 Å². The molecular weight excluding hydrogens is 423 g/mol. The number of benzene rings is 2. The van der Waals surface area contributed by atoms with Gasteiger partial charge in [-0.2, -0.15) is 0 Å². The Morgan fingerprint density at radius 1 is 1.19 bits per heavy atom. The van der Waals surface area contributed by atoms with Crippen molar-refractivity contribution in [3.63, 3.8) is 0 Å². The molecule has 0 bridgehead atoms. The van der Waals surface area contributed by atoms with Gasteiger partial charge in [-0.05, 0) is 42.8 Å². The number of anilines is 1. The SMILES string of the molecule is C[C@@H](C(=O)Nc1ccc(F)cc1)N1CC2=C(C1=O)[C@@H](c1ccccc1Cl)NC(=O)N2C. The molecule has 2 aliphatic rings. The molecule has 2 N–H and O–H groups in total. The summed E-state index contributed by atoms with van der Waals surface area (Å²) in [5.74, 6) is -1.19. The van der Waals surface area contributed by atoms with Gasteiger partial charge in [0, 0.05) is 17.8 Å². The molecule has 2 atom stereocenters. The van der Waals surface area contributed by atoms with Gasteiger partial charge < -0.3 is 15.5 Å². The van der Waals surface area contributed by atoms with Gasteiger partial charge in [0.05, 0.1) is 23.9 Å². The monoisotopic (exact) mass is 442 g/mol. The van der Waals surface area contributed by atoms with Gasteiger partial charge in [-0.1, -0.05) is 29.8 Å². The maximum absolute atomic E-state index is 13.3. The molecule has 160 valence electrons. The van der Waals surface area contributed by atoms with Crippen LogP contribution in [0.5, 0.6) is 0 Å². The van der Waals surface area contributed by atoms with E-state index in [0.29, 0.717) is 27.5 Å². The van der Waals surface area contributed by atoms with Crippen LogP contribution < -0.4 is 10.6 Å². The summed E-state index contributed by atoms with van der Waals surface area (Å²) in [6, 6.07) is 10.5. The molecule has 0 spiro atoms. The van der Waals surface area contributed by atoms with E-state index in [2.05, 4.69) is 10.6 Å². The molecule has 0 saturated heterocycles. The van der Waals surface area contributed by atoms with E-state index in [1.807, 2.05) is 0 Å². The lowest BCUT2D eigenvalue weighted by atomic mass is 9.95. The molecule has 2 heterocycles. The van der Waals surface area contributed by atoms with Crippen LogP contribution in [0.25, 0.3) is 0 Å². The number of nitrogens with one attached hydrogen (secondary N) is 2. The lowest BCUT2D eigenvalue weighted by Crippen LogP contribution is -2.45. The fourth-order valence-electron chi connectivity index (χ4n) is 3.77. The van der Waals surface area contributed by atoms with Crippen molar-refractivity contribution < 1.29 is 18.8 Å². The molecule has 31 heavy (non-hydrogen) atoms. The predicted octanol–water partition coefficient (Wildman–Crippen LogP) is 3.30. The summed E-state index contributed by atoms with van der Waals surface area (Å²) >= 11 is 6.33. The van der Waals surface area contributed by atoms with Gasteiger partial charge in [-0.3, -0.25) is 14.5 Å². The molecule has 4 rings (SSSR count). The number of amides is 4. The average Bonchev–Trinajstić information content (AvgIpc) is 3.10. The summed E-state index contributed by atoms with van der Waals surface area (Å²) in [6.45, 7) is 1.71. The number of carbonyl (C=O) groups is 3. The van der Waals surface area contributed by atoms with Crippen LogP contribution in [-0.2, 0) is 9.59 Å². The van der Waals surface area contributed by atoms with E-state index < -0.39 is 23.8 Å². The minimum absolute atomic E-state index is 0.108. The minimum Gasteiger partial charge on any atom is -0.326 e. The molecule has 0 fully saturated rings. The largest absolute Gasteiger partial charge is 0.326 e. The standard InChI is InChI=1S/C22H20ClFN4O3/c1-12(20(29)25-14-9-7-13(24)8-10-14)28-11-17-18(21(28)30)19(26-22(31)27(17)2)15-5-3-4-6-16(15)23/h3-10,12,19H,11H2,1-2H3,(H,25,29)(H,26,31)/t12-,19+/m0/s1. The predicted molar refractivity (Wildman–Crippen MR) is 114 cm³/mol. The third-order valence-corrected chi connectivity index (χ3v) is 5.91. The maximum Gasteiger partial charge on any atom is 0.322 e. The quantitative estimate of drug-likeness (QED) is 0.762. The van der Waals surface area contributed by atoms with Crippen LogP contribution >= 0.6 is 11.6 Å². The normalized spacial score (nSPS) is 19.3. The lowest BCUT2D eigenvalue weighted by Gasteiger charge is -2.31. The molecule has 7 nitrogen and oxygen atoms in total. The number of hydrogen-bond donors (Lipinski definition) is 2. The zero-order chi connectivity index (χ0) is 22.3. The summed E-state index contributed by atoms with van der Waals surface area (Å²) in [4.78, 5) is 41.4. The molecule has 0 radical (unpaired) electrons. The fraction of sp³-hybridized carbons (Fsp3) is 0.227. The number of urea groups is 1.